The second kappa shape index (κ2) is 7.80. The molecule has 0 bridgehead atoms. The van der Waals surface area contributed by atoms with E-state index in [1.54, 1.807) is 27.7 Å². The number of carboxylic acids is 1. The summed E-state index contributed by atoms with van der Waals surface area (Å²) in [4.78, 5) is 22.4. The van der Waals surface area contributed by atoms with Crippen molar-refractivity contribution in [3.05, 3.63) is 24.0 Å². The monoisotopic (exact) mass is 326 g/mol. The normalized spacial score (nSPS) is 12.4. The maximum Gasteiger partial charge on any atom is 0.412 e. The Balaban J connectivity index is 2.80. The third kappa shape index (κ3) is 7.49. The number of halogens is 1. The topological polar surface area (TPSA) is 87.7 Å². The van der Waals surface area contributed by atoms with E-state index in [0.717, 1.165) is 0 Å². The van der Waals surface area contributed by atoms with Gasteiger partial charge in [-0.15, -0.1) is 0 Å². The number of nitrogens with one attached hydrogen (secondary N) is 2. The molecule has 0 heterocycles. The zero-order chi connectivity index (χ0) is 17.6. The molecule has 128 valence electrons. The van der Waals surface area contributed by atoms with Crippen molar-refractivity contribution in [3.63, 3.8) is 0 Å². The van der Waals surface area contributed by atoms with Gasteiger partial charge < -0.3 is 15.2 Å². The quantitative estimate of drug-likeness (QED) is 0.739. The number of rotatable bonds is 6. The minimum absolute atomic E-state index is 0.00168. The number of hydrogen-bond acceptors (Lipinski definition) is 4. The van der Waals surface area contributed by atoms with Crippen LogP contribution < -0.4 is 10.6 Å². The van der Waals surface area contributed by atoms with Gasteiger partial charge >= 0.3 is 12.1 Å². The van der Waals surface area contributed by atoms with Crippen LogP contribution in [0.15, 0.2) is 18.2 Å². The molecule has 1 unspecified atom stereocenters. The molecule has 1 atom stereocenters. The standard InChI is InChI=1S/C16H23FN2O4/c1-10(5-8-14(20)21)18-13-9-11(17)6-7-12(13)19-15(22)23-16(2,3)4/h6-7,9-10,18H,5,8H2,1-4H3,(H,19,22)(H,20,21). The van der Waals surface area contributed by atoms with Gasteiger partial charge in [-0.3, -0.25) is 10.1 Å². The van der Waals surface area contributed by atoms with Gasteiger partial charge in [-0.2, -0.15) is 0 Å². The molecule has 7 heteroatoms. The number of amides is 1. The Morgan fingerprint density at radius 2 is 1.96 bits per heavy atom. The molecule has 0 radical (unpaired) electrons. The van der Waals surface area contributed by atoms with E-state index >= 15 is 0 Å². The van der Waals surface area contributed by atoms with Crippen LogP contribution in [-0.4, -0.2) is 28.8 Å². The van der Waals surface area contributed by atoms with Crippen LogP contribution in [0.4, 0.5) is 20.6 Å². The second-order valence-electron chi connectivity index (χ2n) is 6.29. The molecule has 1 aromatic carbocycles. The molecular formula is C16H23FN2O4. The van der Waals surface area contributed by atoms with Crippen LogP contribution in [0.3, 0.4) is 0 Å². The highest BCUT2D eigenvalue weighted by Crippen LogP contribution is 2.25. The number of benzene rings is 1. The van der Waals surface area contributed by atoms with Gasteiger partial charge in [0.25, 0.3) is 0 Å². The van der Waals surface area contributed by atoms with Crippen molar-refractivity contribution in [1.82, 2.24) is 0 Å². The third-order valence-corrected chi connectivity index (χ3v) is 2.81. The average Bonchev–Trinajstić information content (AvgIpc) is 2.37. The van der Waals surface area contributed by atoms with E-state index in [9.17, 15) is 14.0 Å². The maximum atomic E-state index is 13.4. The number of carboxylic acid groups (broad SMARTS) is 1. The first kappa shape index (κ1) is 18.7. The number of carbonyl (C=O) groups excluding carboxylic acids is 1. The van der Waals surface area contributed by atoms with Gasteiger partial charge in [0.05, 0.1) is 11.4 Å². The Morgan fingerprint density at radius 1 is 1.30 bits per heavy atom. The third-order valence-electron chi connectivity index (χ3n) is 2.81. The number of anilines is 2. The molecule has 0 spiro atoms. The van der Waals surface area contributed by atoms with Crippen LogP contribution in [-0.2, 0) is 9.53 Å². The van der Waals surface area contributed by atoms with Gasteiger partial charge in [0, 0.05) is 12.5 Å². The molecule has 3 N–H and O–H groups in total. The highest BCUT2D eigenvalue weighted by Gasteiger charge is 2.18. The van der Waals surface area contributed by atoms with Gasteiger partial charge in [0.15, 0.2) is 0 Å². The van der Waals surface area contributed by atoms with Crippen molar-refractivity contribution in [1.29, 1.82) is 0 Å². The van der Waals surface area contributed by atoms with E-state index in [1.807, 2.05) is 0 Å². The molecular weight excluding hydrogens is 303 g/mol. The molecule has 0 saturated heterocycles. The Morgan fingerprint density at radius 3 is 2.52 bits per heavy atom. The lowest BCUT2D eigenvalue weighted by atomic mass is 10.1. The highest BCUT2D eigenvalue weighted by molar-refractivity contribution is 5.89. The van der Waals surface area contributed by atoms with E-state index in [-0.39, 0.29) is 12.5 Å². The first-order chi connectivity index (χ1) is 10.6. The fourth-order valence-corrected chi connectivity index (χ4v) is 1.84. The summed E-state index contributed by atoms with van der Waals surface area (Å²) in [5.41, 5.74) is 0.0866. The van der Waals surface area contributed by atoms with Crippen molar-refractivity contribution in [2.75, 3.05) is 10.6 Å². The van der Waals surface area contributed by atoms with E-state index in [4.69, 9.17) is 9.84 Å². The summed E-state index contributed by atoms with van der Waals surface area (Å²) in [6.45, 7) is 7.00. The van der Waals surface area contributed by atoms with Crippen molar-refractivity contribution in [2.24, 2.45) is 0 Å². The van der Waals surface area contributed by atoms with Crippen molar-refractivity contribution >= 4 is 23.4 Å². The minimum Gasteiger partial charge on any atom is -0.481 e. The molecule has 1 rings (SSSR count). The maximum absolute atomic E-state index is 13.4. The Labute approximate surface area is 135 Å². The van der Waals surface area contributed by atoms with Crippen molar-refractivity contribution < 1.29 is 23.8 Å². The van der Waals surface area contributed by atoms with Crippen LogP contribution in [0.25, 0.3) is 0 Å². The summed E-state index contributed by atoms with van der Waals surface area (Å²) in [5, 5.41) is 14.3. The first-order valence-electron chi connectivity index (χ1n) is 7.34. The Hall–Kier alpha value is -2.31. The van der Waals surface area contributed by atoms with Gasteiger partial charge in [0.2, 0.25) is 0 Å². The Kier molecular flexibility index (Phi) is 6.36. The fraction of sp³-hybridized carbons (Fsp3) is 0.500. The second-order valence-corrected chi connectivity index (χ2v) is 6.29. The highest BCUT2D eigenvalue weighted by atomic mass is 19.1. The van der Waals surface area contributed by atoms with Gasteiger partial charge in [0.1, 0.15) is 11.4 Å². The van der Waals surface area contributed by atoms with E-state index in [2.05, 4.69) is 10.6 Å². The summed E-state index contributed by atoms with van der Waals surface area (Å²) in [7, 11) is 0. The number of ether oxygens (including phenoxy) is 1. The number of carbonyl (C=O) groups is 2. The number of aliphatic carboxylic acids is 1. The summed E-state index contributed by atoms with van der Waals surface area (Å²) in [6.07, 6.45) is -0.277. The zero-order valence-electron chi connectivity index (χ0n) is 13.8. The molecule has 0 saturated carbocycles. The number of hydrogen-bond donors (Lipinski definition) is 3. The molecule has 0 aliphatic heterocycles. The Bertz CT molecular complexity index is 570. The van der Waals surface area contributed by atoms with Crippen LogP contribution in [0.2, 0.25) is 0 Å². The van der Waals surface area contributed by atoms with Crippen LogP contribution in [0.5, 0.6) is 0 Å². The molecule has 6 nitrogen and oxygen atoms in total. The van der Waals surface area contributed by atoms with Crippen LogP contribution >= 0.6 is 0 Å². The van der Waals surface area contributed by atoms with Gasteiger partial charge in [-0.05, 0) is 52.3 Å². The lowest BCUT2D eigenvalue weighted by molar-refractivity contribution is -0.137. The fourth-order valence-electron chi connectivity index (χ4n) is 1.84. The zero-order valence-corrected chi connectivity index (χ0v) is 13.8. The van der Waals surface area contributed by atoms with E-state index < -0.39 is 23.5 Å². The molecule has 23 heavy (non-hydrogen) atoms. The average molecular weight is 326 g/mol. The van der Waals surface area contributed by atoms with Crippen molar-refractivity contribution in [3.8, 4) is 0 Å². The predicted molar refractivity (Wildman–Crippen MR) is 86.2 cm³/mol. The van der Waals surface area contributed by atoms with Gasteiger partial charge in [-0.25, -0.2) is 9.18 Å². The van der Waals surface area contributed by atoms with Crippen LogP contribution in [0, 0.1) is 5.82 Å². The first-order valence-corrected chi connectivity index (χ1v) is 7.34. The lowest BCUT2D eigenvalue weighted by Gasteiger charge is -2.22. The molecule has 0 aliphatic carbocycles. The summed E-state index contributed by atoms with van der Waals surface area (Å²) < 4.78 is 18.6. The van der Waals surface area contributed by atoms with Crippen LogP contribution in [0.1, 0.15) is 40.5 Å². The summed E-state index contributed by atoms with van der Waals surface area (Å²) in [6, 6.07) is 3.68. The lowest BCUT2D eigenvalue weighted by Crippen LogP contribution is -2.27. The molecule has 0 aromatic heterocycles. The summed E-state index contributed by atoms with van der Waals surface area (Å²) in [5.74, 6) is -1.36. The molecule has 0 aliphatic rings. The summed E-state index contributed by atoms with van der Waals surface area (Å²) >= 11 is 0. The minimum atomic E-state index is -0.898. The van der Waals surface area contributed by atoms with E-state index in [1.165, 1.54) is 18.2 Å². The van der Waals surface area contributed by atoms with Crippen molar-refractivity contribution in [2.45, 2.75) is 52.2 Å². The smallest absolute Gasteiger partial charge is 0.412 e. The largest absolute Gasteiger partial charge is 0.481 e. The molecule has 1 aromatic rings. The predicted octanol–water partition coefficient (Wildman–Crippen LogP) is 3.84. The SMILES string of the molecule is CC(CCC(=O)O)Nc1cc(F)ccc1NC(=O)OC(C)(C)C. The molecule has 0 fully saturated rings. The van der Waals surface area contributed by atoms with Gasteiger partial charge in [-0.1, -0.05) is 0 Å². The molecule has 1 amide bonds. The van der Waals surface area contributed by atoms with E-state index in [0.29, 0.717) is 17.8 Å².